The Labute approximate surface area is 178 Å². The first-order chi connectivity index (χ1) is 14.5. The van der Waals surface area contributed by atoms with E-state index in [1.807, 2.05) is 67.6 Å². The van der Waals surface area contributed by atoms with Crippen molar-refractivity contribution in [3.63, 3.8) is 0 Å². The van der Waals surface area contributed by atoms with Gasteiger partial charge in [-0.05, 0) is 37.3 Å². The Hall–Kier alpha value is -3.15. The first-order valence-corrected chi connectivity index (χ1v) is 10.2. The van der Waals surface area contributed by atoms with Crippen LogP contribution in [0.1, 0.15) is 49.8 Å². The third kappa shape index (κ3) is 8.07. The number of amides is 2. The lowest BCUT2D eigenvalue weighted by molar-refractivity contribution is -0.145. The second-order valence-corrected chi connectivity index (χ2v) is 7.22. The Morgan fingerprint density at radius 1 is 0.867 bits per heavy atom. The van der Waals surface area contributed by atoms with Crippen molar-refractivity contribution in [2.24, 2.45) is 0 Å². The van der Waals surface area contributed by atoms with Gasteiger partial charge in [0.1, 0.15) is 6.04 Å². The second kappa shape index (κ2) is 12.4. The average Bonchev–Trinajstić information content (AvgIpc) is 2.77. The monoisotopic (exact) mass is 410 g/mol. The van der Waals surface area contributed by atoms with E-state index in [1.54, 1.807) is 0 Å². The number of methoxy groups -OCH3 is 1. The summed E-state index contributed by atoms with van der Waals surface area (Å²) in [5.41, 5.74) is 2.18. The highest BCUT2D eigenvalue weighted by atomic mass is 16.5. The summed E-state index contributed by atoms with van der Waals surface area (Å²) in [5, 5.41) is 5.58. The smallest absolute Gasteiger partial charge is 0.328 e. The van der Waals surface area contributed by atoms with Gasteiger partial charge in [-0.25, -0.2) is 4.79 Å². The summed E-state index contributed by atoms with van der Waals surface area (Å²) in [6.07, 6.45) is 2.09. The third-order valence-corrected chi connectivity index (χ3v) is 4.88. The number of nitrogens with one attached hydrogen (secondary N) is 2. The van der Waals surface area contributed by atoms with Crippen LogP contribution in [-0.4, -0.2) is 30.9 Å². The van der Waals surface area contributed by atoms with Crippen LogP contribution in [0.2, 0.25) is 0 Å². The summed E-state index contributed by atoms with van der Waals surface area (Å²) >= 11 is 0. The highest BCUT2D eigenvalue weighted by molar-refractivity contribution is 5.87. The van der Waals surface area contributed by atoms with E-state index in [-0.39, 0.29) is 30.7 Å². The quantitative estimate of drug-likeness (QED) is 0.557. The molecule has 0 saturated carbocycles. The Balaban J connectivity index is 1.76. The van der Waals surface area contributed by atoms with E-state index in [0.29, 0.717) is 6.42 Å². The third-order valence-electron chi connectivity index (χ3n) is 4.88. The predicted octanol–water partition coefficient (Wildman–Crippen LogP) is 3.32. The first-order valence-electron chi connectivity index (χ1n) is 10.2. The van der Waals surface area contributed by atoms with Crippen molar-refractivity contribution in [2.75, 3.05) is 7.11 Å². The van der Waals surface area contributed by atoms with E-state index in [9.17, 15) is 14.4 Å². The number of rotatable bonds is 11. The van der Waals surface area contributed by atoms with E-state index in [0.717, 1.165) is 18.4 Å². The number of benzene rings is 2. The van der Waals surface area contributed by atoms with Crippen LogP contribution in [0.15, 0.2) is 60.7 Å². The first kappa shape index (κ1) is 23.1. The van der Waals surface area contributed by atoms with E-state index in [2.05, 4.69) is 10.6 Å². The van der Waals surface area contributed by atoms with Gasteiger partial charge in [-0.2, -0.15) is 0 Å². The maximum absolute atomic E-state index is 12.3. The Bertz CT molecular complexity index is 808. The zero-order chi connectivity index (χ0) is 21.8. The standard InChI is InChI=1S/C24H30N2O4/c1-18(20-13-7-4-8-14-20)25-22(27)16-17-23(28)26-21(24(29)30-2)15-9-12-19-10-5-3-6-11-19/h3-8,10-11,13-14,18,21H,9,12,15-17H2,1-2H3,(H,25,27)(H,26,28)/t18-,21-/m1/s1. The second-order valence-electron chi connectivity index (χ2n) is 7.22. The molecule has 0 aliphatic carbocycles. The van der Waals surface area contributed by atoms with Crippen LogP contribution in [0, 0.1) is 0 Å². The van der Waals surface area contributed by atoms with Crippen LogP contribution < -0.4 is 10.6 Å². The summed E-state index contributed by atoms with van der Waals surface area (Å²) in [5.74, 6) is -1.02. The molecule has 0 saturated heterocycles. The number of hydrogen-bond donors (Lipinski definition) is 2. The van der Waals surface area contributed by atoms with Gasteiger partial charge in [0.2, 0.25) is 11.8 Å². The highest BCUT2D eigenvalue weighted by Crippen LogP contribution is 2.12. The number of carbonyl (C=O) groups excluding carboxylic acids is 3. The Morgan fingerprint density at radius 3 is 2.03 bits per heavy atom. The van der Waals surface area contributed by atoms with E-state index < -0.39 is 12.0 Å². The predicted molar refractivity (Wildman–Crippen MR) is 116 cm³/mol. The molecule has 2 amide bonds. The molecular weight excluding hydrogens is 380 g/mol. The molecule has 0 unspecified atom stereocenters. The van der Waals surface area contributed by atoms with Gasteiger partial charge in [0.15, 0.2) is 0 Å². The lowest BCUT2D eigenvalue weighted by Crippen LogP contribution is -2.42. The number of carbonyl (C=O) groups is 3. The fourth-order valence-electron chi connectivity index (χ4n) is 3.18. The van der Waals surface area contributed by atoms with Crippen molar-refractivity contribution in [1.82, 2.24) is 10.6 Å². The number of ether oxygens (including phenoxy) is 1. The molecule has 2 aromatic carbocycles. The van der Waals surface area contributed by atoms with Gasteiger partial charge in [-0.1, -0.05) is 60.7 Å². The lowest BCUT2D eigenvalue weighted by atomic mass is 10.0. The molecule has 0 spiro atoms. The fourth-order valence-corrected chi connectivity index (χ4v) is 3.18. The minimum absolute atomic E-state index is 0.0134. The van der Waals surface area contributed by atoms with Gasteiger partial charge >= 0.3 is 5.97 Å². The lowest BCUT2D eigenvalue weighted by Gasteiger charge is -2.17. The molecule has 0 heterocycles. The molecule has 0 radical (unpaired) electrons. The van der Waals surface area contributed by atoms with Crippen molar-refractivity contribution in [1.29, 1.82) is 0 Å². The molecule has 2 atom stereocenters. The van der Waals surface area contributed by atoms with Crippen LogP contribution in [0.25, 0.3) is 0 Å². The molecular formula is C24H30N2O4. The van der Waals surface area contributed by atoms with Crippen LogP contribution >= 0.6 is 0 Å². The van der Waals surface area contributed by atoms with Gasteiger partial charge in [0.05, 0.1) is 13.2 Å². The molecule has 2 N–H and O–H groups in total. The Morgan fingerprint density at radius 2 is 1.43 bits per heavy atom. The molecule has 0 aliphatic rings. The molecule has 6 nitrogen and oxygen atoms in total. The number of esters is 1. The number of hydrogen-bond acceptors (Lipinski definition) is 4. The normalized spacial score (nSPS) is 12.5. The molecule has 6 heteroatoms. The fraction of sp³-hybridized carbons (Fsp3) is 0.375. The summed E-state index contributed by atoms with van der Waals surface area (Å²) in [6.45, 7) is 1.90. The van der Waals surface area contributed by atoms with Gasteiger partial charge in [-0.3, -0.25) is 9.59 Å². The molecule has 160 valence electrons. The molecule has 0 aromatic heterocycles. The Kier molecular flexibility index (Phi) is 9.58. The molecule has 30 heavy (non-hydrogen) atoms. The SMILES string of the molecule is COC(=O)[C@@H](CCCc1ccccc1)NC(=O)CCC(=O)N[C@H](C)c1ccccc1. The van der Waals surface area contributed by atoms with Gasteiger partial charge in [-0.15, -0.1) is 0 Å². The minimum atomic E-state index is -0.711. The van der Waals surface area contributed by atoms with Crippen LogP contribution in [0.4, 0.5) is 0 Å². The molecule has 2 aromatic rings. The molecule has 0 fully saturated rings. The molecule has 0 bridgehead atoms. The van der Waals surface area contributed by atoms with Crippen molar-refractivity contribution in [2.45, 2.75) is 51.1 Å². The van der Waals surface area contributed by atoms with E-state index >= 15 is 0 Å². The van der Waals surface area contributed by atoms with Gasteiger partial charge < -0.3 is 15.4 Å². The maximum atomic E-state index is 12.3. The van der Waals surface area contributed by atoms with Crippen molar-refractivity contribution in [3.05, 3.63) is 71.8 Å². The summed E-state index contributed by atoms with van der Waals surface area (Å²) in [7, 11) is 1.30. The average molecular weight is 411 g/mol. The van der Waals surface area contributed by atoms with E-state index in [4.69, 9.17) is 4.74 Å². The minimum Gasteiger partial charge on any atom is -0.467 e. The van der Waals surface area contributed by atoms with Crippen molar-refractivity contribution >= 4 is 17.8 Å². The molecule has 2 rings (SSSR count). The zero-order valence-electron chi connectivity index (χ0n) is 17.6. The molecule has 0 aliphatic heterocycles. The number of aryl methyl sites for hydroxylation is 1. The van der Waals surface area contributed by atoms with E-state index in [1.165, 1.54) is 12.7 Å². The maximum Gasteiger partial charge on any atom is 0.328 e. The van der Waals surface area contributed by atoms with Gasteiger partial charge in [0.25, 0.3) is 0 Å². The topological polar surface area (TPSA) is 84.5 Å². The highest BCUT2D eigenvalue weighted by Gasteiger charge is 2.21. The van der Waals surface area contributed by atoms with Crippen LogP contribution in [0.5, 0.6) is 0 Å². The van der Waals surface area contributed by atoms with Crippen molar-refractivity contribution < 1.29 is 19.1 Å². The van der Waals surface area contributed by atoms with Crippen molar-refractivity contribution in [3.8, 4) is 0 Å². The summed E-state index contributed by atoms with van der Waals surface area (Å²) < 4.78 is 4.81. The van der Waals surface area contributed by atoms with Crippen LogP contribution in [0.3, 0.4) is 0 Å². The van der Waals surface area contributed by atoms with Crippen LogP contribution in [-0.2, 0) is 25.5 Å². The summed E-state index contributed by atoms with van der Waals surface area (Å²) in [6, 6.07) is 18.7. The zero-order valence-corrected chi connectivity index (χ0v) is 17.6. The van der Waals surface area contributed by atoms with Gasteiger partial charge in [0, 0.05) is 12.8 Å². The largest absolute Gasteiger partial charge is 0.467 e. The summed E-state index contributed by atoms with van der Waals surface area (Å²) in [4.78, 5) is 36.4.